The fourth-order valence-corrected chi connectivity index (χ4v) is 5.68. The summed E-state index contributed by atoms with van der Waals surface area (Å²) >= 11 is 0. The molecule has 0 fully saturated rings. The largest absolute Gasteiger partial charge is 0.504 e. The second-order valence-electron chi connectivity index (χ2n) is 12.9. The summed E-state index contributed by atoms with van der Waals surface area (Å²) in [5.74, 6) is 0.368. The summed E-state index contributed by atoms with van der Waals surface area (Å²) in [6, 6.07) is 5.13. The molecule has 1 unspecified atom stereocenters. The number of aliphatic hydroxyl groups is 2. The van der Waals surface area contributed by atoms with Crippen molar-refractivity contribution in [3.05, 3.63) is 29.8 Å². The standard InChI is InChI=1S/C39H66O7/c1-45-38-30-28-34(31-37(38)43)27-29-35(41)25-23-21-19-17-15-13-11-9-7-5-3-2-4-6-8-10-12-14-16-18-20-22-24-26-39(44)46-33-36(42)32-40/h27-31,36,40,42-43H,2-26,32-33H2,1H3/b29-27+. The van der Waals surface area contributed by atoms with Gasteiger partial charge in [0.15, 0.2) is 17.3 Å². The van der Waals surface area contributed by atoms with Crippen LogP contribution < -0.4 is 4.74 Å². The van der Waals surface area contributed by atoms with E-state index in [-0.39, 0.29) is 30.7 Å². The third kappa shape index (κ3) is 24.8. The molecule has 0 aliphatic rings. The number of hydrogen-bond acceptors (Lipinski definition) is 7. The SMILES string of the molecule is COc1ccc(/C=C/C(=O)CCCCCCCCCCCCCCCCCCCCCCCCCC(=O)OCC(O)CO)cc1O. The monoisotopic (exact) mass is 646 g/mol. The van der Waals surface area contributed by atoms with E-state index in [0.29, 0.717) is 18.6 Å². The Morgan fingerprint density at radius 3 is 1.48 bits per heavy atom. The van der Waals surface area contributed by atoms with Crippen molar-refractivity contribution in [3.63, 3.8) is 0 Å². The lowest BCUT2D eigenvalue weighted by molar-refractivity contribution is -0.147. The Balaban J connectivity index is 1.75. The van der Waals surface area contributed by atoms with Gasteiger partial charge in [0.05, 0.1) is 13.7 Å². The van der Waals surface area contributed by atoms with E-state index in [1.54, 1.807) is 24.3 Å². The molecule has 0 aliphatic carbocycles. The third-order valence-corrected chi connectivity index (χ3v) is 8.62. The maximum atomic E-state index is 12.1. The van der Waals surface area contributed by atoms with Gasteiger partial charge in [-0.1, -0.05) is 147 Å². The molecule has 264 valence electrons. The van der Waals surface area contributed by atoms with Gasteiger partial charge in [-0.25, -0.2) is 0 Å². The van der Waals surface area contributed by atoms with E-state index in [9.17, 15) is 19.8 Å². The topological polar surface area (TPSA) is 113 Å². The van der Waals surface area contributed by atoms with Crippen LogP contribution in [0.1, 0.15) is 166 Å². The quantitative estimate of drug-likeness (QED) is 0.0406. The van der Waals surface area contributed by atoms with Crippen LogP contribution >= 0.6 is 0 Å². The van der Waals surface area contributed by atoms with Gasteiger partial charge >= 0.3 is 5.97 Å². The number of phenols is 1. The zero-order valence-corrected chi connectivity index (χ0v) is 29.0. The summed E-state index contributed by atoms with van der Waals surface area (Å²) in [6.07, 6.45) is 32.6. The van der Waals surface area contributed by atoms with Crippen molar-refractivity contribution in [2.45, 2.75) is 167 Å². The first-order valence-corrected chi connectivity index (χ1v) is 18.5. The minimum absolute atomic E-state index is 0.0823. The molecule has 0 aromatic heterocycles. The Labute approximate surface area is 280 Å². The van der Waals surface area contributed by atoms with Crippen LogP contribution in [0.15, 0.2) is 24.3 Å². The number of phenolic OH excluding ortho intramolecular Hbond substituents is 1. The Bertz CT molecular complexity index is 914. The van der Waals surface area contributed by atoms with Crippen LogP contribution in [0.4, 0.5) is 0 Å². The van der Waals surface area contributed by atoms with Crippen LogP contribution in [0.25, 0.3) is 6.08 Å². The summed E-state index contributed by atoms with van der Waals surface area (Å²) in [6.45, 7) is -0.497. The highest BCUT2D eigenvalue weighted by Crippen LogP contribution is 2.26. The Hall–Kier alpha value is -2.38. The highest BCUT2D eigenvalue weighted by molar-refractivity contribution is 5.93. The number of unbranched alkanes of at least 4 members (excludes halogenated alkanes) is 22. The lowest BCUT2D eigenvalue weighted by Gasteiger charge is -2.08. The first kappa shape index (κ1) is 41.6. The number of aliphatic hydroxyl groups excluding tert-OH is 2. The number of ketones is 1. The summed E-state index contributed by atoms with van der Waals surface area (Å²) < 4.78 is 9.95. The van der Waals surface area contributed by atoms with Crippen LogP contribution in [0.3, 0.4) is 0 Å². The molecule has 1 aromatic rings. The zero-order chi connectivity index (χ0) is 33.5. The summed E-state index contributed by atoms with van der Waals surface area (Å²) in [7, 11) is 1.52. The van der Waals surface area contributed by atoms with Crippen LogP contribution in [0.2, 0.25) is 0 Å². The Kier molecular flexibility index (Phi) is 27.1. The number of aromatic hydroxyl groups is 1. The van der Waals surface area contributed by atoms with Crippen LogP contribution in [0, 0.1) is 0 Å². The zero-order valence-electron chi connectivity index (χ0n) is 29.0. The van der Waals surface area contributed by atoms with E-state index in [0.717, 1.165) is 37.7 Å². The number of allylic oxidation sites excluding steroid dienone is 1. The number of esters is 1. The minimum atomic E-state index is -0.970. The summed E-state index contributed by atoms with van der Waals surface area (Å²) in [5.41, 5.74) is 0.793. The molecule has 7 nitrogen and oxygen atoms in total. The third-order valence-electron chi connectivity index (χ3n) is 8.62. The second-order valence-corrected chi connectivity index (χ2v) is 12.9. The van der Waals surface area contributed by atoms with Gasteiger partial charge in [-0.2, -0.15) is 0 Å². The number of carbonyl (C=O) groups is 2. The molecule has 0 radical (unpaired) electrons. The van der Waals surface area contributed by atoms with Crippen molar-refractivity contribution in [1.82, 2.24) is 0 Å². The fourth-order valence-electron chi connectivity index (χ4n) is 5.68. The number of rotatable bonds is 32. The molecular weight excluding hydrogens is 580 g/mol. The molecule has 0 saturated carbocycles. The molecule has 46 heavy (non-hydrogen) atoms. The highest BCUT2D eigenvalue weighted by Gasteiger charge is 2.07. The molecule has 0 amide bonds. The molecule has 7 heteroatoms. The van der Waals surface area contributed by atoms with Gasteiger partial charge in [0.25, 0.3) is 0 Å². The Morgan fingerprint density at radius 2 is 1.09 bits per heavy atom. The minimum Gasteiger partial charge on any atom is -0.504 e. The van der Waals surface area contributed by atoms with Gasteiger partial charge in [0, 0.05) is 12.8 Å². The van der Waals surface area contributed by atoms with E-state index >= 15 is 0 Å². The second kappa shape index (κ2) is 30.0. The molecule has 0 aliphatic heterocycles. The van der Waals surface area contributed by atoms with Crippen molar-refractivity contribution in [3.8, 4) is 11.5 Å². The van der Waals surface area contributed by atoms with Crippen molar-refractivity contribution >= 4 is 17.8 Å². The number of benzene rings is 1. The smallest absolute Gasteiger partial charge is 0.305 e. The highest BCUT2D eigenvalue weighted by atomic mass is 16.5. The molecule has 1 rings (SSSR count). The number of methoxy groups -OCH3 is 1. The van der Waals surface area contributed by atoms with Crippen molar-refractivity contribution in [2.75, 3.05) is 20.3 Å². The van der Waals surface area contributed by atoms with E-state index in [1.165, 1.54) is 123 Å². The van der Waals surface area contributed by atoms with Crippen LogP contribution in [-0.4, -0.2) is 53.5 Å². The molecule has 0 saturated heterocycles. The predicted octanol–water partition coefficient (Wildman–Crippen LogP) is 9.63. The Morgan fingerprint density at radius 1 is 0.674 bits per heavy atom. The van der Waals surface area contributed by atoms with Crippen LogP contribution in [0.5, 0.6) is 11.5 Å². The van der Waals surface area contributed by atoms with Gasteiger partial charge < -0.3 is 24.8 Å². The average molecular weight is 647 g/mol. The molecule has 0 bridgehead atoms. The lowest BCUT2D eigenvalue weighted by atomic mass is 10.0. The first-order valence-electron chi connectivity index (χ1n) is 18.5. The summed E-state index contributed by atoms with van der Waals surface area (Å²) in [5, 5.41) is 27.7. The maximum absolute atomic E-state index is 12.1. The average Bonchev–Trinajstić information content (AvgIpc) is 3.06. The van der Waals surface area contributed by atoms with Gasteiger partial charge in [-0.05, 0) is 36.6 Å². The van der Waals surface area contributed by atoms with E-state index in [1.807, 2.05) is 6.07 Å². The molecule has 0 spiro atoms. The number of ether oxygens (including phenoxy) is 2. The fraction of sp³-hybridized carbons (Fsp3) is 0.744. The summed E-state index contributed by atoms with van der Waals surface area (Å²) in [4.78, 5) is 23.6. The van der Waals surface area contributed by atoms with Gasteiger partial charge in [0.1, 0.15) is 12.7 Å². The van der Waals surface area contributed by atoms with Crippen LogP contribution in [-0.2, 0) is 14.3 Å². The van der Waals surface area contributed by atoms with Crippen molar-refractivity contribution < 1.29 is 34.4 Å². The lowest BCUT2D eigenvalue weighted by Crippen LogP contribution is -2.21. The molecule has 1 atom stereocenters. The number of carbonyl (C=O) groups excluding carboxylic acids is 2. The van der Waals surface area contributed by atoms with Gasteiger partial charge in [-0.15, -0.1) is 0 Å². The molecular formula is C39H66O7. The maximum Gasteiger partial charge on any atom is 0.305 e. The molecule has 0 heterocycles. The van der Waals surface area contributed by atoms with E-state index < -0.39 is 6.10 Å². The molecule has 3 N–H and O–H groups in total. The number of hydrogen-bond donors (Lipinski definition) is 3. The van der Waals surface area contributed by atoms with E-state index in [2.05, 4.69) is 0 Å². The molecule has 1 aromatic carbocycles. The van der Waals surface area contributed by atoms with Crippen molar-refractivity contribution in [2.24, 2.45) is 0 Å². The predicted molar refractivity (Wildman–Crippen MR) is 188 cm³/mol. The first-order chi connectivity index (χ1) is 22.5. The van der Waals surface area contributed by atoms with E-state index in [4.69, 9.17) is 14.6 Å². The van der Waals surface area contributed by atoms with Gasteiger partial charge in [-0.3, -0.25) is 9.59 Å². The normalized spacial score (nSPS) is 12.1. The van der Waals surface area contributed by atoms with Gasteiger partial charge in [0.2, 0.25) is 0 Å². The van der Waals surface area contributed by atoms with Crippen molar-refractivity contribution in [1.29, 1.82) is 0 Å².